The van der Waals surface area contributed by atoms with Crippen molar-refractivity contribution in [2.45, 2.75) is 6.54 Å². The number of methoxy groups -OCH3 is 1. The van der Waals surface area contributed by atoms with Crippen LogP contribution in [0.2, 0.25) is 10.0 Å². The Morgan fingerprint density at radius 2 is 1.55 bits per heavy atom. The van der Waals surface area contributed by atoms with Crippen LogP contribution in [0.5, 0.6) is 5.75 Å². The molecule has 0 bridgehead atoms. The van der Waals surface area contributed by atoms with Crippen LogP contribution in [-0.2, 0) is 6.54 Å². The van der Waals surface area contributed by atoms with E-state index in [4.69, 9.17) is 27.9 Å². The minimum absolute atomic E-state index is 0.608. The quantitative estimate of drug-likeness (QED) is 0.617. The minimum Gasteiger partial charge on any atom is -0.494 e. The average molecular weight is 440 g/mol. The molecule has 2 rings (SSSR count). The molecule has 0 aromatic heterocycles. The molecule has 0 aliphatic carbocycles. The molecule has 106 valence electrons. The minimum atomic E-state index is 0.608. The van der Waals surface area contributed by atoms with Gasteiger partial charge in [0, 0.05) is 22.3 Å². The summed E-state index contributed by atoms with van der Waals surface area (Å²) in [6.07, 6.45) is 0. The SMILES string of the molecule is COc1c(Br)cc(CNc2cc(Cl)cc(Cl)c2)cc1Br. The normalized spacial score (nSPS) is 10.4. The molecule has 2 aromatic carbocycles. The summed E-state index contributed by atoms with van der Waals surface area (Å²) in [7, 11) is 1.64. The van der Waals surface area contributed by atoms with E-state index in [2.05, 4.69) is 37.2 Å². The third-order valence-corrected chi connectivity index (χ3v) is 4.24. The van der Waals surface area contributed by atoms with Gasteiger partial charge in [-0.2, -0.15) is 0 Å². The van der Waals surface area contributed by atoms with Crippen LogP contribution in [0.15, 0.2) is 39.3 Å². The van der Waals surface area contributed by atoms with Crippen LogP contribution < -0.4 is 10.1 Å². The monoisotopic (exact) mass is 437 g/mol. The fourth-order valence-electron chi connectivity index (χ4n) is 1.77. The molecule has 6 heteroatoms. The Kier molecular flexibility index (Phi) is 5.61. The van der Waals surface area contributed by atoms with Crippen molar-refractivity contribution in [3.05, 3.63) is 54.9 Å². The molecular weight excluding hydrogens is 429 g/mol. The van der Waals surface area contributed by atoms with Crippen molar-refractivity contribution in [3.8, 4) is 5.75 Å². The van der Waals surface area contributed by atoms with Gasteiger partial charge in [0.1, 0.15) is 5.75 Å². The number of nitrogens with one attached hydrogen (secondary N) is 1. The predicted octanol–water partition coefficient (Wildman–Crippen LogP) is 6.14. The number of rotatable bonds is 4. The maximum atomic E-state index is 5.97. The van der Waals surface area contributed by atoms with Gasteiger partial charge < -0.3 is 10.1 Å². The molecule has 0 unspecified atom stereocenters. The number of hydrogen-bond acceptors (Lipinski definition) is 2. The van der Waals surface area contributed by atoms with Crippen LogP contribution in [0.4, 0.5) is 5.69 Å². The summed E-state index contributed by atoms with van der Waals surface area (Å²) in [5.41, 5.74) is 1.98. The molecule has 0 aliphatic heterocycles. The Balaban J connectivity index is 2.15. The van der Waals surface area contributed by atoms with E-state index in [1.54, 1.807) is 13.2 Å². The second-order valence-electron chi connectivity index (χ2n) is 4.10. The second-order valence-corrected chi connectivity index (χ2v) is 6.69. The molecule has 0 spiro atoms. The second kappa shape index (κ2) is 7.03. The van der Waals surface area contributed by atoms with E-state index in [0.717, 1.165) is 25.9 Å². The van der Waals surface area contributed by atoms with Gasteiger partial charge in [-0.05, 0) is 67.8 Å². The molecule has 0 heterocycles. The summed E-state index contributed by atoms with van der Waals surface area (Å²) < 4.78 is 7.07. The van der Waals surface area contributed by atoms with Gasteiger partial charge in [0.05, 0.1) is 16.1 Å². The van der Waals surface area contributed by atoms with E-state index in [1.807, 2.05) is 24.3 Å². The number of hydrogen-bond donors (Lipinski definition) is 1. The largest absolute Gasteiger partial charge is 0.494 e. The van der Waals surface area contributed by atoms with Gasteiger partial charge >= 0.3 is 0 Å². The topological polar surface area (TPSA) is 21.3 Å². The fraction of sp³-hybridized carbons (Fsp3) is 0.143. The lowest BCUT2D eigenvalue weighted by Gasteiger charge is -2.11. The summed E-state index contributed by atoms with van der Waals surface area (Å²) in [5, 5.41) is 4.50. The molecule has 0 saturated carbocycles. The van der Waals surface area contributed by atoms with Gasteiger partial charge in [0.25, 0.3) is 0 Å². The van der Waals surface area contributed by atoms with Crippen molar-refractivity contribution in [1.29, 1.82) is 0 Å². The highest BCUT2D eigenvalue weighted by molar-refractivity contribution is 9.11. The van der Waals surface area contributed by atoms with Crippen LogP contribution in [0, 0.1) is 0 Å². The van der Waals surface area contributed by atoms with Gasteiger partial charge in [0.2, 0.25) is 0 Å². The molecule has 0 fully saturated rings. The first-order valence-electron chi connectivity index (χ1n) is 5.71. The Morgan fingerprint density at radius 3 is 2.05 bits per heavy atom. The van der Waals surface area contributed by atoms with E-state index in [-0.39, 0.29) is 0 Å². The first kappa shape index (κ1) is 16.0. The maximum Gasteiger partial charge on any atom is 0.147 e. The van der Waals surface area contributed by atoms with E-state index >= 15 is 0 Å². The molecule has 0 amide bonds. The smallest absolute Gasteiger partial charge is 0.147 e. The zero-order valence-electron chi connectivity index (χ0n) is 10.5. The van der Waals surface area contributed by atoms with Crippen molar-refractivity contribution in [2.75, 3.05) is 12.4 Å². The predicted molar refractivity (Wildman–Crippen MR) is 92.2 cm³/mol. The van der Waals surface area contributed by atoms with Crippen LogP contribution in [0.1, 0.15) is 5.56 Å². The van der Waals surface area contributed by atoms with Crippen LogP contribution in [0.3, 0.4) is 0 Å². The van der Waals surface area contributed by atoms with E-state index in [1.165, 1.54) is 0 Å². The zero-order valence-corrected chi connectivity index (χ0v) is 15.2. The summed E-state index contributed by atoms with van der Waals surface area (Å²) in [5.74, 6) is 0.777. The lowest BCUT2D eigenvalue weighted by molar-refractivity contribution is 0.409. The Labute approximate surface area is 144 Å². The lowest BCUT2D eigenvalue weighted by atomic mass is 10.2. The average Bonchev–Trinajstić information content (AvgIpc) is 2.35. The van der Waals surface area contributed by atoms with E-state index in [9.17, 15) is 0 Å². The molecule has 0 aliphatic rings. The Morgan fingerprint density at radius 1 is 1.00 bits per heavy atom. The van der Waals surface area contributed by atoms with Crippen LogP contribution in [-0.4, -0.2) is 7.11 Å². The van der Waals surface area contributed by atoms with Crippen molar-refractivity contribution in [2.24, 2.45) is 0 Å². The standard InChI is InChI=1S/C14H11Br2Cl2NO/c1-20-14-12(15)2-8(3-13(14)16)7-19-11-5-9(17)4-10(18)6-11/h2-6,19H,7H2,1H3. The zero-order chi connectivity index (χ0) is 14.7. The van der Waals surface area contributed by atoms with Gasteiger partial charge in [-0.25, -0.2) is 0 Å². The highest BCUT2D eigenvalue weighted by atomic mass is 79.9. The highest BCUT2D eigenvalue weighted by Crippen LogP contribution is 2.34. The van der Waals surface area contributed by atoms with Gasteiger partial charge in [0.15, 0.2) is 0 Å². The number of benzene rings is 2. The first-order valence-corrected chi connectivity index (χ1v) is 8.05. The highest BCUT2D eigenvalue weighted by Gasteiger charge is 2.08. The van der Waals surface area contributed by atoms with Gasteiger partial charge in [-0.1, -0.05) is 23.2 Å². The molecule has 1 N–H and O–H groups in total. The Bertz CT molecular complexity index is 591. The summed E-state index contributed by atoms with van der Waals surface area (Å²) >= 11 is 18.9. The maximum absolute atomic E-state index is 5.97. The third-order valence-electron chi connectivity index (χ3n) is 2.62. The van der Waals surface area contributed by atoms with E-state index in [0.29, 0.717) is 16.6 Å². The van der Waals surface area contributed by atoms with Crippen LogP contribution >= 0.6 is 55.1 Å². The molecule has 20 heavy (non-hydrogen) atoms. The summed E-state index contributed by atoms with van der Waals surface area (Å²) in [6, 6.07) is 9.38. The van der Waals surface area contributed by atoms with Crippen LogP contribution in [0.25, 0.3) is 0 Å². The van der Waals surface area contributed by atoms with Gasteiger partial charge in [-0.15, -0.1) is 0 Å². The first-order chi connectivity index (χ1) is 9.49. The molecule has 2 nitrogen and oxygen atoms in total. The molecule has 0 saturated heterocycles. The summed E-state index contributed by atoms with van der Waals surface area (Å²) in [4.78, 5) is 0. The van der Waals surface area contributed by atoms with Gasteiger partial charge in [-0.3, -0.25) is 0 Å². The molecule has 2 aromatic rings. The number of halogens is 4. The third kappa shape index (κ3) is 4.04. The lowest BCUT2D eigenvalue weighted by Crippen LogP contribution is -2.00. The van der Waals surface area contributed by atoms with E-state index < -0.39 is 0 Å². The van der Waals surface area contributed by atoms with Crippen molar-refractivity contribution in [1.82, 2.24) is 0 Å². The molecule has 0 atom stereocenters. The fourth-order valence-corrected chi connectivity index (χ4v) is 3.90. The Hall–Kier alpha value is -0.420. The molecular formula is C14H11Br2Cl2NO. The van der Waals surface area contributed by atoms with Crippen molar-refractivity contribution in [3.63, 3.8) is 0 Å². The van der Waals surface area contributed by atoms with Crippen molar-refractivity contribution < 1.29 is 4.74 Å². The van der Waals surface area contributed by atoms with Crippen molar-refractivity contribution >= 4 is 60.7 Å². The summed E-state index contributed by atoms with van der Waals surface area (Å²) in [6.45, 7) is 0.651. The number of anilines is 1. The number of ether oxygens (including phenoxy) is 1. The molecule has 0 radical (unpaired) electrons.